The first-order valence-corrected chi connectivity index (χ1v) is 6.91. The normalized spacial score (nSPS) is 12.6. The molecule has 1 atom stereocenters. The highest BCUT2D eigenvalue weighted by Gasteiger charge is 2.32. The van der Waals surface area contributed by atoms with E-state index in [0.717, 1.165) is 0 Å². The van der Waals surface area contributed by atoms with Gasteiger partial charge >= 0.3 is 6.18 Å². The maximum Gasteiger partial charge on any atom is 0.417 e. The second-order valence-corrected chi connectivity index (χ2v) is 5.02. The zero-order chi connectivity index (χ0) is 17.9. The largest absolute Gasteiger partial charge is 0.482 e. The number of aromatic nitrogens is 1. The molecule has 2 rings (SSSR count). The van der Waals surface area contributed by atoms with Crippen LogP contribution in [0.2, 0.25) is 0 Å². The van der Waals surface area contributed by atoms with Crippen LogP contribution in [0, 0.1) is 5.82 Å². The van der Waals surface area contributed by atoms with Crippen molar-refractivity contribution in [2.45, 2.75) is 19.2 Å². The zero-order valence-corrected chi connectivity index (χ0v) is 12.9. The van der Waals surface area contributed by atoms with Crippen molar-refractivity contribution >= 4 is 16.8 Å². The van der Waals surface area contributed by atoms with E-state index in [0.29, 0.717) is 18.0 Å². The van der Waals surface area contributed by atoms with E-state index in [1.54, 1.807) is 0 Å². The van der Waals surface area contributed by atoms with Crippen molar-refractivity contribution in [1.82, 2.24) is 4.98 Å². The van der Waals surface area contributed by atoms with Gasteiger partial charge in [-0.25, -0.2) is 9.37 Å². The molecular weight excluding hydrogens is 354 g/mol. The number of hydrogen-bond acceptors (Lipinski definition) is 4. The quantitative estimate of drug-likeness (QED) is 0.577. The maximum atomic E-state index is 13.6. The monoisotopic (exact) mass is 363 g/mol. The number of rotatable bonds is 5. The summed E-state index contributed by atoms with van der Waals surface area (Å²) in [7, 11) is 0. The molecule has 2 aromatic rings. The summed E-state index contributed by atoms with van der Waals surface area (Å²) < 4.78 is 61.2. The third kappa shape index (κ3) is 4.58. The number of hydrogen-bond donors (Lipinski definition) is 0. The number of nitrogens with zero attached hydrogens (tertiary/aromatic N) is 1. The average molecular weight is 364 g/mol. The fraction of sp³-hybridized carbons (Fsp3) is 0.200. The van der Waals surface area contributed by atoms with Gasteiger partial charge in [-0.3, -0.25) is 4.79 Å². The second-order valence-electron chi connectivity index (χ2n) is 4.65. The molecule has 0 aliphatic rings. The number of carbonyl (C=O) groups is 1. The minimum absolute atomic E-state index is 0.123. The molecule has 0 fully saturated rings. The Kier molecular flexibility index (Phi) is 5.28. The lowest BCUT2D eigenvalue weighted by Gasteiger charge is -2.12. The molecule has 1 aromatic heterocycles. The van der Waals surface area contributed by atoms with Gasteiger partial charge in [0.2, 0.25) is 0 Å². The van der Waals surface area contributed by atoms with Crippen LogP contribution in [0.4, 0.5) is 17.6 Å². The van der Waals surface area contributed by atoms with Crippen molar-refractivity contribution in [2.24, 2.45) is 0 Å². The molecule has 1 aromatic carbocycles. The molecule has 4 nitrogen and oxygen atoms in total. The minimum Gasteiger partial charge on any atom is -0.482 e. The summed E-state index contributed by atoms with van der Waals surface area (Å²) in [5.41, 5.74) is -1.21. The van der Waals surface area contributed by atoms with E-state index in [2.05, 4.69) is 4.98 Å². The van der Waals surface area contributed by atoms with Gasteiger partial charge in [-0.15, -0.1) is 0 Å². The molecule has 0 bridgehead atoms. The third-order valence-electron chi connectivity index (χ3n) is 2.81. The molecular formula is C15H10ClF4NO3. The van der Waals surface area contributed by atoms with Gasteiger partial charge in [0, 0.05) is 6.20 Å². The highest BCUT2D eigenvalue weighted by molar-refractivity contribution is 6.64. The number of alkyl halides is 3. The maximum absolute atomic E-state index is 13.6. The summed E-state index contributed by atoms with van der Waals surface area (Å²) in [5.74, 6) is -1.41. The Morgan fingerprint density at radius 3 is 2.29 bits per heavy atom. The van der Waals surface area contributed by atoms with Gasteiger partial charge < -0.3 is 9.47 Å². The highest BCUT2D eigenvalue weighted by Crippen LogP contribution is 2.32. The number of ether oxygens (including phenoxy) is 2. The van der Waals surface area contributed by atoms with E-state index in [-0.39, 0.29) is 5.75 Å². The number of carbonyl (C=O) groups excluding carboxylic acids is 1. The molecule has 0 amide bonds. The molecule has 0 radical (unpaired) electrons. The third-order valence-corrected chi connectivity index (χ3v) is 3.11. The van der Waals surface area contributed by atoms with Crippen LogP contribution in [-0.2, 0) is 11.0 Å². The standard InChI is InChI=1S/C15H10ClF4NO3/c1-8(13(16)22)23-10-2-4-11(5-3-10)24-14-12(17)6-9(7-21-14)15(18,19)20/h2-8H,1H3/t8-/m1/s1. The molecule has 9 heteroatoms. The van der Waals surface area contributed by atoms with Crippen molar-refractivity contribution in [2.75, 3.05) is 0 Å². The van der Waals surface area contributed by atoms with Crippen LogP contribution < -0.4 is 9.47 Å². The van der Waals surface area contributed by atoms with Crippen molar-refractivity contribution in [3.63, 3.8) is 0 Å². The second kappa shape index (κ2) is 7.04. The van der Waals surface area contributed by atoms with Crippen molar-refractivity contribution in [3.05, 3.63) is 47.9 Å². The Balaban J connectivity index is 2.10. The molecule has 128 valence electrons. The van der Waals surface area contributed by atoms with Crippen LogP contribution in [0.15, 0.2) is 36.5 Å². The smallest absolute Gasteiger partial charge is 0.417 e. The van der Waals surface area contributed by atoms with Gasteiger partial charge in [0.05, 0.1) is 5.56 Å². The van der Waals surface area contributed by atoms with Crippen LogP contribution >= 0.6 is 11.6 Å². The molecule has 0 N–H and O–H groups in total. The highest BCUT2D eigenvalue weighted by atomic mass is 35.5. The van der Waals surface area contributed by atoms with Crippen molar-refractivity contribution < 1.29 is 31.8 Å². The van der Waals surface area contributed by atoms with Gasteiger partial charge in [0.15, 0.2) is 11.9 Å². The summed E-state index contributed by atoms with van der Waals surface area (Å²) >= 11 is 5.26. The summed E-state index contributed by atoms with van der Waals surface area (Å²) in [6, 6.07) is 5.90. The lowest BCUT2D eigenvalue weighted by Crippen LogP contribution is -2.18. The van der Waals surface area contributed by atoms with Crippen LogP contribution in [0.25, 0.3) is 0 Å². The van der Waals surface area contributed by atoms with Crippen molar-refractivity contribution in [3.8, 4) is 17.4 Å². The van der Waals surface area contributed by atoms with Gasteiger partial charge in [0.25, 0.3) is 11.1 Å². The van der Waals surface area contributed by atoms with E-state index in [1.165, 1.54) is 31.2 Å². The molecule has 0 spiro atoms. The summed E-state index contributed by atoms with van der Waals surface area (Å²) in [4.78, 5) is 14.2. The molecule has 24 heavy (non-hydrogen) atoms. The molecule has 1 heterocycles. The first-order chi connectivity index (χ1) is 11.2. The molecule has 0 saturated heterocycles. The van der Waals surface area contributed by atoms with E-state index < -0.39 is 34.8 Å². The number of benzene rings is 1. The Labute approximate surface area is 139 Å². The zero-order valence-electron chi connectivity index (χ0n) is 12.1. The Morgan fingerprint density at radius 2 is 1.79 bits per heavy atom. The number of halogens is 5. The predicted octanol–water partition coefficient (Wildman–Crippen LogP) is 4.56. The van der Waals surface area contributed by atoms with Crippen molar-refractivity contribution in [1.29, 1.82) is 0 Å². The van der Waals surface area contributed by atoms with Gasteiger partial charge in [-0.2, -0.15) is 13.2 Å². The van der Waals surface area contributed by atoms with E-state index in [4.69, 9.17) is 21.1 Å². The summed E-state index contributed by atoms with van der Waals surface area (Å²) in [6.45, 7) is 1.46. The fourth-order valence-electron chi connectivity index (χ4n) is 1.60. The fourth-order valence-corrected chi connectivity index (χ4v) is 1.65. The Morgan fingerprint density at radius 1 is 1.21 bits per heavy atom. The van der Waals surface area contributed by atoms with Crippen LogP contribution in [-0.4, -0.2) is 16.3 Å². The van der Waals surface area contributed by atoms with E-state index in [9.17, 15) is 22.4 Å². The lowest BCUT2D eigenvalue weighted by atomic mass is 10.2. The molecule has 0 unspecified atom stereocenters. The Hall–Kier alpha value is -2.35. The average Bonchev–Trinajstić information content (AvgIpc) is 2.50. The van der Waals surface area contributed by atoms with Gasteiger partial charge in [-0.05, 0) is 48.9 Å². The topological polar surface area (TPSA) is 48.4 Å². The molecule has 0 saturated carbocycles. The summed E-state index contributed by atoms with van der Waals surface area (Å²) in [6.07, 6.45) is -5.07. The van der Waals surface area contributed by atoms with E-state index >= 15 is 0 Å². The lowest BCUT2D eigenvalue weighted by molar-refractivity contribution is -0.138. The predicted molar refractivity (Wildman–Crippen MR) is 76.7 cm³/mol. The molecule has 0 aliphatic carbocycles. The first kappa shape index (κ1) is 18.0. The SMILES string of the molecule is C[C@@H](Oc1ccc(Oc2ncc(C(F)(F)F)cc2F)cc1)C(=O)Cl. The summed E-state index contributed by atoms with van der Waals surface area (Å²) in [5, 5.41) is -0.675. The minimum atomic E-state index is -4.69. The van der Waals surface area contributed by atoms with Crippen LogP contribution in [0.5, 0.6) is 17.4 Å². The van der Waals surface area contributed by atoms with E-state index in [1.807, 2.05) is 0 Å². The molecule has 0 aliphatic heterocycles. The first-order valence-electron chi connectivity index (χ1n) is 6.53. The van der Waals surface area contributed by atoms with Crippen LogP contribution in [0.3, 0.4) is 0 Å². The van der Waals surface area contributed by atoms with Gasteiger partial charge in [-0.1, -0.05) is 0 Å². The van der Waals surface area contributed by atoms with Gasteiger partial charge in [0.1, 0.15) is 11.5 Å². The van der Waals surface area contributed by atoms with Crippen LogP contribution in [0.1, 0.15) is 12.5 Å². The number of pyridine rings is 1. The Bertz CT molecular complexity index is 734.